The number of ketones is 1. The van der Waals surface area contributed by atoms with Gasteiger partial charge in [-0.3, -0.25) is 9.59 Å². The molecule has 0 radical (unpaired) electrons. The van der Waals surface area contributed by atoms with E-state index < -0.39 is 17.7 Å². The molecule has 0 saturated heterocycles. The first-order chi connectivity index (χ1) is 9.58. The third-order valence-corrected chi connectivity index (χ3v) is 3.03. The maximum absolute atomic E-state index is 12.9. The molecule has 1 atom stereocenters. The second-order valence-electron chi connectivity index (χ2n) is 4.43. The first-order valence-corrected chi connectivity index (χ1v) is 6.14. The van der Waals surface area contributed by atoms with Gasteiger partial charge in [0, 0.05) is 5.56 Å². The van der Waals surface area contributed by atoms with Crippen molar-refractivity contribution in [2.24, 2.45) is 0 Å². The van der Waals surface area contributed by atoms with Crippen molar-refractivity contribution >= 4 is 11.8 Å². The Kier molecular flexibility index (Phi) is 4.25. The second-order valence-corrected chi connectivity index (χ2v) is 4.43. The standard InChI is InChI=1S/C16H13FO3/c17-13-8-6-12(7-9-13)16(20)14(10-15(18)19)11-4-2-1-3-5-11/h1-9,14H,10H2,(H,18,19). The van der Waals surface area contributed by atoms with E-state index >= 15 is 0 Å². The number of hydrogen-bond donors (Lipinski definition) is 1. The van der Waals surface area contributed by atoms with E-state index in [9.17, 15) is 14.0 Å². The van der Waals surface area contributed by atoms with E-state index in [1.807, 2.05) is 0 Å². The number of carbonyl (C=O) groups excluding carboxylic acids is 1. The van der Waals surface area contributed by atoms with Gasteiger partial charge in [0.05, 0.1) is 12.3 Å². The van der Waals surface area contributed by atoms with E-state index in [2.05, 4.69) is 0 Å². The Morgan fingerprint density at radius 3 is 2.15 bits per heavy atom. The minimum absolute atomic E-state index is 0.291. The van der Waals surface area contributed by atoms with E-state index in [0.29, 0.717) is 11.1 Å². The summed E-state index contributed by atoms with van der Waals surface area (Å²) in [6, 6.07) is 13.9. The van der Waals surface area contributed by atoms with Crippen LogP contribution in [0.3, 0.4) is 0 Å². The van der Waals surface area contributed by atoms with E-state index in [-0.39, 0.29) is 12.2 Å². The minimum atomic E-state index is -1.05. The van der Waals surface area contributed by atoms with Crippen LogP contribution < -0.4 is 0 Å². The molecule has 0 aliphatic rings. The number of Topliss-reactive ketones (excluding diaryl/α,β-unsaturated/α-hetero) is 1. The summed E-state index contributed by atoms with van der Waals surface area (Å²) in [4.78, 5) is 23.4. The predicted molar refractivity (Wildman–Crippen MR) is 72.2 cm³/mol. The van der Waals surface area contributed by atoms with Gasteiger partial charge in [-0.05, 0) is 29.8 Å². The van der Waals surface area contributed by atoms with Crippen molar-refractivity contribution < 1.29 is 19.1 Å². The fourth-order valence-electron chi connectivity index (χ4n) is 2.04. The SMILES string of the molecule is O=C(O)CC(C(=O)c1ccc(F)cc1)c1ccccc1. The van der Waals surface area contributed by atoms with Gasteiger partial charge in [0.15, 0.2) is 5.78 Å². The van der Waals surface area contributed by atoms with Crippen molar-refractivity contribution in [2.45, 2.75) is 12.3 Å². The van der Waals surface area contributed by atoms with E-state index in [0.717, 1.165) is 0 Å². The van der Waals surface area contributed by atoms with Gasteiger partial charge < -0.3 is 5.11 Å². The highest BCUT2D eigenvalue weighted by Crippen LogP contribution is 2.24. The quantitative estimate of drug-likeness (QED) is 0.850. The van der Waals surface area contributed by atoms with Crippen LogP contribution in [0.25, 0.3) is 0 Å². The Morgan fingerprint density at radius 2 is 1.60 bits per heavy atom. The molecule has 2 aromatic rings. The second kappa shape index (κ2) is 6.10. The molecule has 0 aromatic heterocycles. The van der Waals surface area contributed by atoms with Gasteiger partial charge in [-0.2, -0.15) is 0 Å². The van der Waals surface area contributed by atoms with Crippen molar-refractivity contribution in [3.63, 3.8) is 0 Å². The Bertz CT molecular complexity index is 605. The van der Waals surface area contributed by atoms with Crippen molar-refractivity contribution in [1.82, 2.24) is 0 Å². The van der Waals surface area contributed by atoms with Gasteiger partial charge in [-0.15, -0.1) is 0 Å². The Balaban J connectivity index is 2.34. The minimum Gasteiger partial charge on any atom is -0.481 e. The zero-order valence-electron chi connectivity index (χ0n) is 10.6. The molecule has 0 heterocycles. The molecule has 1 unspecified atom stereocenters. The van der Waals surface area contributed by atoms with Gasteiger partial charge in [0.25, 0.3) is 0 Å². The monoisotopic (exact) mass is 272 g/mol. The zero-order valence-corrected chi connectivity index (χ0v) is 10.6. The van der Waals surface area contributed by atoms with Crippen molar-refractivity contribution in [2.75, 3.05) is 0 Å². The molecule has 102 valence electrons. The lowest BCUT2D eigenvalue weighted by molar-refractivity contribution is -0.137. The number of halogens is 1. The summed E-state index contributed by atoms with van der Waals surface area (Å²) in [5.41, 5.74) is 0.950. The van der Waals surface area contributed by atoms with Crippen LogP contribution in [0, 0.1) is 5.82 Å². The van der Waals surface area contributed by atoms with Gasteiger partial charge in [-0.1, -0.05) is 30.3 Å². The Labute approximate surface area is 115 Å². The van der Waals surface area contributed by atoms with Gasteiger partial charge in [-0.25, -0.2) is 4.39 Å². The highest BCUT2D eigenvalue weighted by molar-refractivity contribution is 6.02. The van der Waals surface area contributed by atoms with Gasteiger partial charge in [0.2, 0.25) is 0 Å². The molecular weight excluding hydrogens is 259 g/mol. The highest BCUT2D eigenvalue weighted by Gasteiger charge is 2.24. The summed E-state index contributed by atoms with van der Waals surface area (Å²) < 4.78 is 12.9. The number of benzene rings is 2. The number of carbonyl (C=O) groups is 2. The van der Waals surface area contributed by atoms with Crippen molar-refractivity contribution in [1.29, 1.82) is 0 Å². The normalized spacial score (nSPS) is 11.8. The van der Waals surface area contributed by atoms with Gasteiger partial charge >= 0.3 is 5.97 Å². The van der Waals surface area contributed by atoms with Crippen molar-refractivity contribution in [3.05, 3.63) is 71.5 Å². The number of carboxylic acid groups (broad SMARTS) is 1. The number of hydrogen-bond acceptors (Lipinski definition) is 2. The van der Waals surface area contributed by atoms with Crippen LogP contribution >= 0.6 is 0 Å². The van der Waals surface area contributed by atoms with Gasteiger partial charge in [0.1, 0.15) is 5.82 Å². The molecule has 0 aliphatic heterocycles. The topological polar surface area (TPSA) is 54.4 Å². The summed E-state index contributed by atoms with van der Waals surface area (Å²) >= 11 is 0. The van der Waals surface area contributed by atoms with E-state index in [1.165, 1.54) is 24.3 Å². The number of carboxylic acids is 1. The molecule has 0 fully saturated rings. The molecule has 0 bridgehead atoms. The molecule has 3 nitrogen and oxygen atoms in total. The fraction of sp³-hybridized carbons (Fsp3) is 0.125. The lowest BCUT2D eigenvalue weighted by Gasteiger charge is -2.14. The maximum Gasteiger partial charge on any atom is 0.304 e. The van der Waals surface area contributed by atoms with Crippen LogP contribution in [0.4, 0.5) is 4.39 Å². The van der Waals surface area contributed by atoms with Crippen LogP contribution in [0.2, 0.25) is 0 Å². The van der Waals surface area contributed by atoms with Crippen LogP contribution in [-0.2, 0) is 4.79 Å². The predicted octanol–water partition coefficient (Wildman–Crippen LogP) is 3.27. The van der Waals surface area contributed by atoms with Crippen molar-refractivity contribution in [3.8, 4) is 0 Å². The lowest BCUT2D eigenvalue weighted by atomic mass is 9.88. The summed E-state index contributed by atoms with van der Waals surface area (Å²) in [5, 5.41) is 8.97. The zero-order chi connectivity index (χ0) is 14.5. The Morgan fingerprint density at radius 1 is 1.00 bits per heavy atom. The molecule has 2 aromatic carbocycles. The van der Waals surface area contributed by atoms with Crippen LogP contribution in [0.5, 0.6) is 0 Å². The first-order valence-electron chi connectivity index (χ1n) is 6.14. The molecule has 0 amide bonds. The Hall–Kier alpha value is -2.49. The van der Waals surface area contributed by atoms with E-state index in [4.69, 9.17) is 5.11 Å². The molecule has 20 heavy (non-hydrogen) atoms. The number of aliphatic carboxylic acids is 1. The molecule has 1 N–H and O–H groups in total. The maximum atomic E-state index is 12.9. The lowest BCUT2D eigenvalue weighted by Crippen LogP contribution is -2.17. The molecule has 2 rings (SSSR count). The summed E-state index contributed by atoms with van der Waals surface area (Å²) in [6.45, 7) is 0. The average molecular weight is 272 g/mol. The van der Waals surface area contributed by atoms with Crippen LogP contribution in [-0.4, -0.2) is 16.9 Å². The van der Waals surface area contributed by atoms with Crippen LogP contribution in [0.1, 0.15) is 28.3 Å². The summed E-state index contributed by atoms with van der Waals surface area (Å²) in [6.07, 6.45) is -0.291. The van der Waals surface area contributed by atoms with E-state index in [1.54, 1.807) is 30.3 Å². The molecule has 0 saturated carbocycles. The number of rotatable bonds is 5. The van der Waals surface area contributed by atoms with Crippen LogP contribution in [0.15, 0.2) is 54.6 Å². The average Bonchev–Trinajstić information content (AvgIpc) is 2.45. The summed E-state index contributed by atoms with van der Waals surface area (Å²) in [5.74, 6) is -2.57. The third-order valence-electron chi connectivity index (χ3n) is 3.03. The molecular formula is C16H13FO3. The first kappa shape index (κ1) is 13.9. The summed E-state index contributed by atoms with van der Waals surface area (Å²) in [7, 11) is 0. The molecule has 4 heteroatoms. The fourth-order valence-corrected chi connectivity index (χ4v) is 2.04. The molecule has 0 aliphatic carbocycles. The largest absolute Gasteiger partial charge is 0.481 e. The third kappa shape index (κ3) is 3.29. The smallest absolute Gasteiger partial charge is 0.304 e. The highest BCUT2D eigenvalue weighted by atomic mass is 19.1. The molecule has 0 spiro atoms.